The standard InChI is InChI=1S/C26H34N2O2/c1-3-26(4-2,28-19-25(30-24(28)29)15-6-5-7-16-25)23-10-8-9-22(17-23)21-13-11-20(18-27)12-14-21/h8-14,17H,3-7,15-16,18-19,27H2,1-2H3. The number of amides is 1. The van der Waals surface area contributed by atoms with E-state index in [0.717, 1.165) is 44.1 Å². The van der Waals surface area contributed by atoms with E-state index in [1.807, 2.05) is 4.90 Å². The Hall–Kier alpha value is -2.33. The minimum Gasteiger partial charge on any atom is -0.441 e. The zero-order valence-electron chi connectivity index (χ0n) is 18.3. The van der Waals surface area contributed by atoms with Gasteiger partial charge in [0.1, 0.15) is 5.60 Å². The van der Waals surface area contributed by atoms with Gasteiger partial charge in [-0.05, 0) is 66.8 Å². The quantitative estimate of drug-likeness (QED) is 0.642. The number of carbonyl (C=O) groups excluding carboxylic acids is 1. The van der Waals surface area contributed by atoms with Crippen LogP contribution in [0, 0.1) is 0 Å². The molecule has 1 heterocycles. The molecule has 1 saturated carbocycles. The van der Waals surface area contributed by atoms with Crippen molar-refractivity contribution in [2.24, 2.45) is 5.73 Å². The largest absolute Gasteiger partial charge is 0.441 e. The van der Waals surface area contributed by atoms with Gasteiger partial charge in [0, 0.05) is 6.54 Å². The van der Waals surface area contributed by atoms with E-state index in [2.05, 4.69) is 62.4 Å². The summed E-state index contributed by atoms with van der Waals surface area (Å²) in [5, 5.41) is 0. The van der Waals surface area contributed by atoms with Crippen molar-refractivity contribution in [2.45, 2.75) is 76.5 Å². The Morgan fingerprint density at radius 3 is 2.33 bits per heavy atom. The number of ether oxygens (including phenoxy) is 1. The molecule has 2 aromatic rings. The van der Waals surface area contributed by atoms with Crippen molar-refractivity contribution in [2.75, 3.05) is 6.54 Å². The summed E-state index contributed by atoms with van der Waals surface area (Å²) in [6.07, 6.45) is 7.13. The van der Waals surface area contributed by atoms with Gasteiger partial charge >= 0.3 is 6.09 Å². The summed E-state index contributed by atoms with van der Waals surface area (Å²) in [6, 6.07) is 17.1. The number of nitrogens with two attached hydrogens (primary N) is 1. The van der Waals surface area contributed by atoms with Crippen LogP contribution in [0.3, 0.4) is 0 Å². The molecule has 1 aliphatic heterocycles. The van der Waals surface area contributed by atoms with Crippen molar-refractivity contribution in [3.05, 3.63) is 59.7 Å². The molecule has 1 saturated heterocycles. The average molecular weight is 407 g/mol. The Morgan fingerprint density at radius 1 is 1.00 bits per heavy atom. The predicted molar refractivity (Wildman–Crippen MR) is 121 cm³/mol. The SMILES string of the molecule is CCC(CC)(c1cccc(-c2ccc(CN)cc2)c1)N1CC2(CCCCC2)OC1=O. The molecule has 4 nitrogen and oxygen atoms in total. The van der Waals surface area contributed by atoms with E-state index in [-0.39, 0.29) is 17.2 Å². The fourth-order valence-corrected chi connectivity index (χ4v) is 5.42. The molecule has 2 N–H and O–H groups in total. The normalized spacial score (nSPS) is 18.6. The Balaban J connectivity index is 1.69. The molecule has 0 bridgehead atoms. The molecule has 0 atom stereocenters. The number of rotatable bonds is 6. The molecule has 160 valence electrons. The minimum absolute atomic E-state index is 0.140. The van der Waals surface area contributed by atoms with E-state index in [4.69, 9.17) is 10.5 Å². The van der Waals surface area contributed by atoms with Gasteiger partial charge < -0.3 is 10.5 Å². The van der Waals surface area contributed by atoms with Crippen molar-refractivity contribution in [1.29, 1.82) is 0 Å². The molecule has 2 aliphatic rings. The number of carbonyl (C=O) groups is 1. The van der Waals surface area contributed by atoms with Gasteiger partial charge in [0.2, 0.25) is 0 Å². The number of hydrogen-bond acceptors (Lipinski definition) is 3. The lowest BCUT2D eigenvalue weighted by Gasteiger charge is -2.41. The summed E-state index contributed by atoms with van der Waals surface area (Å²) in [7, 11) is 0. The molecule has 30 heavy (non-hydrogen) atoms. The Kier molecular flexibility index (Phi) is 5.88. The maximum Gasteiger partial charge on any atom is 0.411 e. The van der Waals surface area contributed by atoms with Crippen molar-refractivity contribution in [3.8, 4) is 11.1 Å². The van der Waals surface area contributed by atoms with Crippen LogP contribution < -0.4 is 5.73 Å². The van der Waals surface area contributed by atoms with Crippen LogP contribution in [-0.2, 0) is 16.8 Å². The second-order valence-corrected chi connectivity index (χ2v) is 8.92. The molecular formula is C26H34N2O2. The van der Waals surface area contributed by atoms with Gasteiger partial charge in [-0.15, -0.1) is 0 Å². The average Bonchev–Trinajstić information content (AvgIpc) is 3.11. The van der Waals surface area contributed by atoms with Crippen LogP contribution in [0.2, 0.25) is 0 Å². The van der Waals surface area contributed by atoms with E-state index in [1.54, 1.807) is 0 Å². The minimum atomic E-state index is -0.342. The number of benzene rings is 2. The Bertz CT molecular complexity index is 880. The van der Waals surface area contributed by atoms with Crippen LogP contribution in [-0.4, -0.2) is 23.1 Å². The van der Waals surface area contributed by atoms with E-state index < -0.39 is 0 Å². The summed E-state index contributed by atoms with van der Waals surface area (Å²) >= 11 is 0. The molecule has 2 aromatic carbocycles. The summed E-state index contributed by atoms with van der Waals surface area (Å²) in [6.45, 7) is 5.63. The van der Waals surface area contributed by atoms with Gasteiger partial charge in [-0.1, -0.05) is 62.7 Å². The Morgan fingerprint density at radius 2 is 1.70 bits per heavy atom. The molecule has 1 aliphatic carbocycles. The van der Waals surface area contributed by atoms with Gasteiger partial charge in [-0.2, -0.15) is 0 Å². The lowest BCUT2D eigenvalue weighted by molar-refractivity contribution is 0.0259. The maximum atomic E-state index is 13.1. The fraction of sp³-hybridized carbons (Fsp3) is 0.500. The highest BCUT2D eigenvalue weighted by Gasteiger charge is 2.52. The van der Waals surface area contributed by atoms with Crippen molar-refractivity contribution in [1.82, 2.24) is 4.90 Å². The highest BCUT2D eigenvalue weighted by Crippen LogP contribution is 2.45. The van der Waals surface area contributed by atoms with E-state index in [0.29, 0.717) is 13.1 Å². The lowest BCUT2D eigenvalue weighted by atomic mass is 9.79. The molecular weight excluding hydrogens is 372 g/mol. The second-order valence-electron chi connectivity index (χ2n) is 8.92. The molecule has 1 spiro atoms. The van der Waals surface area contributed by atoms with Crippen LogP contribution in [0.1, 0.15) is 69.9 Å². The van der Waals surface area contributed by atoms with Gasteiger partial charge in [-0.25, -0.2) is 4.79 Å². The fourth-order valence-electron chi connectivity index (χ4n) is 5.42. The van der Waals surface area contributed by atoms with Crippen LogP contribution >= 0.6 is 0 Å². The molecule has 0 aromatic heterocycles. The molecule has 4 heteroatoms. The summed E-state index contributed by atoms with van der Waals surface area (Å²) < 4.78 is 6.05. The first-order valence-electron chi connectivity index (χ1n) is 11.5. The maximum absolute atomic E-state index is 13.1. The molecule has 4 rings (SSSR count). The molecule has 0 unspecified atom stereocenters. The topological polar surface area (TPSA) is 55.6 Å². The van der Waals surface area contributed by atoms with Gasteiger partial charge in [0.25, 0.3) is 0 Å². The van der Waals surface area contributed by atoms with Crippen molar-refractivity contribution >= 4 is 6.09 Å². The third-order valence-corrected chi connectivity index (χ3v) is 7.34. The summed E-state index contributed by atoms with van der Waals surface area (Å²) in [4.78, 5) is 15.1. The van der Waals surface area contributed by atoms with E-state index in [9.17, 15) is 4.79 Å². The lowest BCUT2D eigenvalue weighted by Crippen LogP contribution is -2.48. The summed E-state index contributed by atoms with van der Waals surface area (Å²) in [5.41, 5.74) is 9.79. The first-order chi connectivity index (χ1) is 14.6. The van der Waals surface area contributed by atoms with Crippen LogP contribution in [0.5, 0.6) is 0 Å². The third-order valence-electron chi connectivity index (χ3n) is 7.34. The van der Waals surface area contributed by atoms with Crippen LogP contribution in [0.4, 0.5) is 4.79 Å². The number of hydrogen-bond donors (Lipinski definition) is 1. The number of nitrogens with zero attached hydrogens (tertiary/aromatic N) is 1. The highest BCUT2D eigenvalue weighted by atomic mass is 16.6. The first-order valence-corrected chi connectivity index (χ1v) is 11.5. The van der Waals surface area contributed by atoms with Gasteiger partial charge in [0.15, 0.2) is 0 Å². The van der Waals surface area contributed by atoms with Crippen molar-refractivity contribution in [3.63, 3.8) is 0 Å². The van der Waals surface area contributed by atoms with Gasteiger partial charge in [0.05, 0.1) is 12.1 Å². The zero-order valence-corrected chi connectivity index (χ0v) is 18.3. The smallest absolute Gasteiger partial charge is 0.411 e. The molecule has 0 radical (unpaired) electrons. The monoisotopic (exact) mass is 406 g/mol. The predicted octanol–water partition coefficient (Wildman–Crippen LogP) is 5.98. The Labute approximate surface area is 180 Å². The van der Waals surface area contributed by atoms with Crippen molar-refractivity contribution < 1.29 is 9.53 Å². The molecule has 2 fully saturated rings. The van der Waals surface area contributed by atoms with E-state index in [1.165, 1.54) is 23.1 Å². The molecule has 1 amide bonds. The first kappa shape index (κ1) is 20.9. The van der Waals surface area contributed by atoms with E-state index >= 15 is 0 Å². The van der Waals surface area contributed by atoms with Crippen LogP contribution in [0.25, 0.3) is 11.1 Å². The zero-order chi connectivity index (χ0) is 21.2. The highest BCUT2D eigenvalue weighted by molar-refractivity contribution is 5.73. The summed E-state index contributed by atoms with van der Waals surface area (Å²) in [5.74, 6) is 0. The third kappa shape index (κ3) is 3.62. The van der Waals surface area contributed by atoms with Gasteiger partial charge in [-0.3, -0.25) is 4.90 Å². The van der Waals surface area contributed by atoms with Crippen LogP contribution in [0.15, 0.2) is 48.5 Å². The second kappa shape index (κ2) is 8.43.